The zero-order valence-electron chi connectivity index (χ0n) is 13.0. The van der Waals surface area contributed by atoms with Crippen LogP contribution >= 0.6 is 0 Å². The molecular weight excluding hydrogens is 294 g/mol. The van der Waals surface area contributed by atoms with Crippen molar-refractivity contribution in [2.75, 3.05) is 10.6 Å². The molecule has 0 radical (unpaired) electrons. The number of hydrogen-bond acceptors (Lipinski definition) is 6. The molecule has 0 saturated heterocycles. The highest BCUT2D eigenvalue weighted by molar-refractivity contribution is 5.74. The maximum atomic E-state index is 11.5. The minimum Gasteiger partial charge on any atom is -0.361 e. The van der Waals surface area contributed by atoms with Crippen molar-refractivity contribution >= 4 is 23.0 Å². The van der Waals surface area contributed by atoms with Crippen LogP contribution in [0.25, 0.3) is 0 Å². The van der Waals surface area contributed by atoms with E-state index in [1.165, 1.54) is 6.33 Å². The van der Waals surface area contributed by atoms with Crippen LogP contribution in [0.1, 0.15) is 31.2 Å². The van der Waals surface area contributed by atoms with Crippen LogP contribution in [0.3, 0.4) is 0 Å². The molecule has 7 nitrogen and oxygen atoms in total. The molecule has 1 saturated carbocycles. The second kappa shape index (κ2) is 6.60. The predicted molar refractivity (Wildman–Crippen MR) is 89.0 cm³/mol. The van der Waals surface area contributed by atoms with Crippen molar-refractivity contribution in [3.63, 3.8) is 0 Å². The third-order valence-electron chi connectivity index (χ3n) is 3.98. The molecule has 1 aromatic heterocycles. The third-order valence-corrected chi connectivity index (χ3v) is 3.98. The summed E-state index contributed by atoms with van der Waals surface area (Å²) in [5, 5.41) is 17.7. The van der Waals surface area contributed by atoms with Gasteiger partial charge in [0.05, 0.1) is 4.92 Å². The van der Waals surface area contributed by atoms with Crippen LogP contribution in [-0.2, 0) is 0 Å². The number of benzene rings is 1. The molecule has 23 heavy (non-hydrogen) atoms. The van der Waals surface area contributed by atoms with Gasteiger partial charge in [-0.15, -0.1) is 0 Å². The van der Waals surface area contributed by atoms with Gasteiger partial charge in [-0.1, -0.05) is 25.0 Å². The molecule has 1 aliphatic rings. The molecule has 1 aromatic carbocycles. The Bertz CT molecular complexity index is 713. The van der Waals surface area contributed by atoms with Crippen molar-refractivity contribution < 1.29 is 4.92 Å². The highest BCUT2D eigenvalue weighted by atomic mass is 16.6. The summed E-state index contributed by atoms with van der Waals surface area (Å²) in [4.78, 5) is 19.2. The first-order valence-corrected chi connectivity index (χ1v) is 7.73. The average molecular weight is 313 g/mol. The van der Waals surface area contributed by atoms with Crippen molar-refractivity contribution in [1.82, 2.24) is 9.97 Å². The molecule has 1 aliphatic carbocycles. The maximum absolute atomic E-state index is 11.5. The number of hydrogen-bond donors (Lipinski definition) is 2. The van der Waals surface area contributed by atoms with Crippen LogP contribution in [0.5, 0.6) is 0 Å². The molecule has 120 valence electrons. The molecule has 1 fully saturated rings. The fourth-order valence-electron chi connectivity index (χ4n) is 2.87. The monoisotopic (exact) mass is 313 g/mol. The molecule has 0 unspecified atom stereocenters. The van der Waals surface area contributed by atoms with E-state index in [9.17, 15) is 10.1 Å². The van der Waals surface area contributed by atoms with Crippen molar-refractivity contribution in [3.8, 4) is 0 Å². The molecule has 0 amide bonds. The Hall–Kier alpha value is -2.70. The van der Waals surface area contributed by atoms with Crippen molar-refractivity contribution in [1.29, 1.82) is 0 Å². The fourth-order valence-corrected chi connectivity index (χ4v) is 2.87. The van der Waals surface area contributed by atoms with Crippen LogP contribution in [0.15, 0.2) is 30.6 Å². The summed E-state index contributed by atoms with van der Waals surface area (Å²) < 4.78 is 0. The largest absolute Gasteiger partial charge is 0.361 e. The van der Waals surface area contributed by atoms with Gasteiger partial charge in [0.2, 0.25) is 11.6 Å². The molecule has 7 heteroatoms. The van der Waals surface area contributed by atoms with Gasteiger partial charge in [-0.2, -0.15) is 0 Å². The molecular formula is C16H19N5O2. The molecule has 0 bridgehead atoms. The second-order valence-corrected chi connectivity index (χ2v) is 5.80. The summed E-state index contributed by atoms with van der Waals surface area (Å²) in [5.41, 5.74) is 1.72. The lowest BCUT2D eigenvalue weighted by molar-refractivity contribution is -0.383. The molecule has 0 spiro atoms. The highest BCUT2D eigenvalue weighted by Crippen LogP contribution is 2.33. The van der Waals surface area contributed by atoms with E-state index >= 15 is 0 Å². The van der Waals surface area contributed by atoms with E-state index in [4.69, 9.17) is 0 Å². The average Bonchev–Trinajstić information content (AvgIpc) is 3.00. The van der Waals surface area contributed by atoms with E-state index in [0.29, 0.717) is 0 Å². The van der Waals surface area contributed by atoms with Crippen molar-refractivity contribution in [2.24, 2.45) is 0 Å². The lowest BCUT2D eigenvalue weighted by Gasteiger charge is -2.14. The van der Waals surface area contributed by atoms with Crippen LogP contribution in [0, 0.1) is 17.0 Å². The Labute approximate surface area is 134 Å². The van der Waals surface area contributed by atoms with Gasteiger partial charge < -0.3 is 10.6 Å². The minimum absolute atomic E-state index is 0.110. The van der Waals surface area contributed by atoms with Gasteiger partial charge >= 0.3 is 5.69 Å². The minimum atomic E-state index is -0.435. The third kappa shape index (κ3) is 3.56. The van der Waals surface area contributed by atoms with E-state index < -0.39 is 4.92 Å². The van der Waals surface area contributed by atoms with Crippen LogP contribution in [0.2, 0.25) is 0 Å². The van der Waals surface area contributed by atoms with Crippen LogP contribution in [-0.4, -0.2) is 20.9 Å². The van der Waals surface area contributed by atoms with E-state index in [-0.39, 0.29) is 23.4 Å². The highest BCUT2D eigenvalue weighted by Gasteiger charge is 2.26. The van der Waals surface area contributed by atoms with Gasteiger partial charge in [-0.25, -0.2) is 9.97 Å². The zero-order chi connectivity index (χ0) is 16.2. The Morgan fingerprint density at radius 3 is 2.65 bits per heavy atom. The Balaban J connectivity index is 1.91. The maximum Gasteiger partial charge on any atom is 0.353 e. The summed E-state index contributed by atoms with van der Waals surface area (Å²) >= 11 is 0. The molecule has 1 heterocycles. The van der Waals surface area contributed by atoms with Gasteiger partial charge in [0.15, 0.2) is 0 Å². The molecule has 2 N–H and O–H groups in total. The van der Waals surface area contributed by atoms with Crippen LogP contribution in [0.4, 0.5) is 23.0 Å². The van der Waals surface area contributed by atoms with Gasteiger partial charge in [0.25, 0.3) is 0 Å². The summed E-state index contributed by atoms with van der Waals surface area (Å²) in [6.07, 6.45) is 5.67. The summed E-state index contributed by atoms with van der Waals surface area (Å²) in [6.45, 7) is 1.96. The lowest BCUT2D eigenvalue weighted by Crippen LogP contribution is -2.17. The summed E-state index contributed by atoms with van der Waals surface area (Å²) in [6, 6.07) is 7.86. The van der Waals surface area contributed by atoms with E-state index in [1.807, 2.05) is 31.2 Å². The van der Waals surface area contributed by atoms with Crippen molar-refractivity contribution in [3.05, 3.63) is 46.3 Å². The molecule has 0 aliphatic heterocycles. The van der Waals surface area contributed by atoms with E-state index in [1.54, 1.807) is 0 Å². The molecule has 0 atom stereocenters. The molecule has 3 rings (SSSR count). The topological polar surface area (TPSA) is 93.0 Å². The smallest absolute Gasteiger partial charge is 0.353 e. The predicted octanol–water partition coefficient (Wildman–Crippen LogP) is 3.79. The quantitative estimate of drug-likeness (QED) is 0.644. The first kappa shape index (κ1) is 15.2. The van der Waals surface area contributed by atoms with Crippen molar-refractivity contribution in [2.45, 2.75) is 38.6 Å². The number of nitrogens with one attached hydrogen (secondary N) is 2. The van der Waals surface area contributed by atoms with Gasteiger partial charge in [0, 0.05) is 11.7 Å². The number of rotatable bonds is 5. The summed E-state index contributed by atoms with van der Waals surface area (Å²) in [7, 11) is 0. The van der Waals surface area contributed by atoms with Gasteiger partial charge in [-0.3, -0.25) is 10.1 Å². The normalized spacial score (nSPS) is 14.7. The Kier molecular flexibility index (Phi) is 4.36. The SMILES string of the molecule is Cc1cccc(Nc2ncnc(NC3CCCC3)c2[N+](=O)[O-])c1. The first-order chi connectivity index (χ1) is 11.1. The fraction of sp³-hybridized carbons (Fsp3) is 0.375. The first-order valence-electron chi connectivity index (χ1n) is 7.73. The number of nitro groups is 1. The summed E-state index contributed by atoms with van der Waals surface area (Å²) in [5.74, 6) is 0.489. The second-order valence-electron chi connectivity index (χ2n) is 5.80. The van der Waals surface area contributed by atoms with Gasteiger partial charge in [0.1, 0.15) is 6.33 Å². The van der Waals surface area contributed by atoms with Crippen LogP contribution < -0.4 is 10.6 Å². The Morgan fingerprint density at radius 2 is 1.96 bits per heavy atom. The Morgan fingerprint density at radius 1 is 1.22 bits per heavy atom. The van der Waals surface area contributed by atoms with E-state index in [0.717, 1.165) is 36.9 Å². The standard InChI is InChI=1S/C16H19N5O2/c1-11-5-4-8-13(9-11)20-16-14(21(22)23)15(17-10-18-16)19-12-6-2-3-7-12/h4-5,8-10,12H,2-3,6-7H2,1H3,(H2,17,18,19,20). The van der Waals surface area contributed by atoms with E-state index in [2.05, 4.69) is 20.6 Å². The molecule has 2 aromatic rings. The lowest BCUT2D eigenvalue weighted by atomic mass is 10.2. The number of anilines is 3. The number of aromatic nitrogens is 2. The van der Waals surface area contributed by atoms with Gasteiger partial charge in [-0.05, 0) is 37.5 Å². The zero-order valence-corrected chi connectivity index (χ0v) is 13.0. The number of nitrogens with zero attached hydrogens (tertiary/aromatic N) is 3. The number of aryl methyl sites for hydroxylation is 1.